The van der Waals surface area contributed by atoms with Crippen molar-refractivity contribution in [2.45, 2.75) is 57.0 Å². The van der Waals surface area contributed by atoms with E-state index in [0.29, 0.717) is 5.25 Å². The van der Waals surface area contributed by atoms with Crippen LogP contribution in [0.2, 0.25) is 0 Å². The Bertz CT molecular complexity index is 837. The Morgan fingerprint density at radius 3 is 2.76 bits per heavy atom. The van der Waals surface area contributed by atoms with E-state index in [4.69, 9.17) is 4.99 Å². The van der Waals surface area contributed by atoms with Crippen LogP contribution in [0.5, 0.6) is 0 Å². The normalized spacial score (nSPS) is 28.4. The molecule has 0 unspecified atom stereocenters. The molecule has 4 heterocycles. The van der Waals surface area contributed by atoms with Gasteiger partial charge in [0.15, 0.2) is 5.17 Å². The third-order valence-electron chi connectivity index (χ3n) is 5.64. The van der Waals surface area contributed by atoms with Crippen LogP contribution in [0.4, 0.5) is 0 Å². The van der Waals surface area contributed by atoms with Gasteiger partial charge in [0, 0.05) is 35.4 Å². The summed E-state index contributed by atoms with van der Waals surface area (Å²) in [6.45, 7) is 7.92. The van der Waals surface area contributed by atoms with Gasteiger partial charge < -0.3 is 9.47 Å². The molecule has 0 amide bonds. The summed E-state index contributed by atoms with van der Waals surface area (Å²) in [6, 6.07) is 9.68. The highest BCUT2D eigenvalue weighted by atomic mass is 32.2. The summed E-state index contributed by atoms with van der Waals surface area (Å²) in [5, 5.41) is 1.81. The van der Waals surface area contributed by atoms with Gasteiger partial charge in [0.05, 0.1) is 11.7 Å². The zero-order valence-corrected chi connectivity index (χ0v) is 15.8. The van der Waals surface area contributed by atoms with Crippen LogP contribution in [0, 0.1) is 13.8 Å². The number of pyridine rings is 1. The molecule has 1 aliphatic carbocycles. The molecule has 130 valence electrons. The highest BCUT2D eigenvalue weighted by molar-refractivity contribution is 8.14. The van der Waals surface area contributed by atoms with E-state index in [2.05, 4.69) is 53.4 Å². The van der Waals surface area contributed by atoms with Crippen LogP contribution in [0.25, 0.3) is 0 Å². The van der Waals surface area contributed by atoms with Crippen molar-refractivity contribution in [3.05, 3.63) is 53.1 Å². The number of aryl methyl sites for hydroxylation is 1. The van der Waals surface area contributed by atoms with Crippen molar-refractivity contribution in [2.24, 2.45) is 4.99 Å². The Balaban J connectivity index is 1.61. The number of hydrogen-bond donors (Lipinski definition) is 0. The van der Waals surface area contributed by atoms with Gasteiger partial charge in [-0.05, 0) is 50.5 Å². The number of hydrogen-bond acceptors (Lipinski definition) is 4. The minimum atomic E-state index is 0.101. The fourth-order valence-electron chi connectivity index (χ4n) is 4.45. The molecule has 3 atom stereocenters. The molecule has 5 heteroatoms. The maximum Gasteiger partial charge on any atom is 0.160 e. The summed E-state index contributed by atoms with van der Waals surface area (Å²) in [5.74, 6) is 0. The van der Waals surface area contributed by atoms with E-state index in [1.54, 1.807) is 0 Å². The van der Waals surface area contributed by atoms with Gasteiger partial charge in [-0.2, -0.15) is 0 Å². The fourth-order valence-corrected chi connectivity index (χ4v) is 5.54. The maximum atomic E-state index is 5.10. The zero-order chi connectivity index (χ0) is 17.1. The lowest BCUT2D eigenvalue weighted by Crippen LogP contribution is -2.28. The van der Waals surface area contributed by atoms with Gasteiger partial charge >= 0.3 is 0 Å². The number of fused-ring (bicyclic) bond motifs is 1. The first-order valence-corrected chi connectivity index (χ1v) is 10.1. The van der Waals surface area contributed by atoms with Gasteiger partial charge in [-0.3, -0.25) is 9.98 Å². The number of aromatic nitrogens is 2. The topological polar surface area (TPSA) is 33.4 Å². The van der Waals surface area contributed by atoms with E-state index in [-0.39, 0.29) is 12.1 Å². The Morgan fingerprint density at radius 1 is 1.20 bits per heavy atom. The lowest BCUT2D eigenvalue weighted by molar-refractivity contribution is 0.320. The summed E-state index contributed by atoms with van der Waals surface area (Å²) in [4.78, 5) is 12.3. The van der Waals surface area contributed by atoms with Crippen molar-refractivity contribution in [1.82, 2.24) is 14.5 Å². The van der Waals surface area contributed by atoms with Gasteiger partial charge in [-0.1, -0.05) is 24.8 Å². The van der Waals surface area contributed by atoms with E-state index in [9.17, 15) is 0 Å². The number of rotatable bonds is 3. The van der Waals surface area contributed by atoms with Gasteiger partial charge in [-0.15, -0.1) is 0 Å². The third kappa shape index (κ3) is 2.43. The molecule has 0 N–H and O–H groups in total. The molecular formula is C20H24N4S. The summed E-state index contributed by atoms with van der Waals surface area (Å²) in [7, 11) is 0. The van der Waals surface area contributed by atoms with Crippen molar-refractivity contribution in [3.63, 3.8) is 0 Å². The lowest BCUT2D eigenvalue weighted by Gasteiger charge is -2.27. The standard InChI is InChI=1S/C20H24N4S/c1-12-10-16(14(3)24(12)15-7-8-15)19-18(17-6-4-5-9-21-17)22-20-23(19)11-13(2)25-20/h4-6,9-10,13,15,18-19H,7-8,11H2,1-3H3/t13-,18+,19+/m0/s1. The number of amidine groups is 1. The average molecular weight is 353 g/mol. The van der Waals surface area contributed by atoms with Crippen molar-refractivity contribution < 1.29 is 0 Å². The molecule has 0 bridgehead atoms. The van der Waals surface area contributed by atoms with Crippen LogP contribution in [-0.4, -0.2) is 31.4 Å². The van der Waals surface area contributed by atoms with Crippen LogP contribution in [-0.2, 0) is 0 Å². The van der Waals surface area contributed by atoms with E-state index < -0.39 is 0 Å². The highest BCUT2D eigenvalue weighted by Crippen LogP contribution is 2.49. The van der Waals surface area contributed by atoms with Gasteiger partial charge in [0.25, 0.3) is 0 Å². The van der Waals surface area contributed by atoms with Crippen molar-refractivity contribution >= 4 is 16.9 Å². The predicted octanol–water partition coefficient (Wildman–Crippen LogP) is 4.42. The molecule has 2 fully saturated rings. The predicted molar refractivity (Wildman–Crippen MR) is 103 cm³/mol. The third-order valence-corrected chi connectivity index (χ3v) is 6.74. The zero-order valence-electron chi connectivity index (χ0n) is 15.0. The molecule has 5 rings (SSSR count). The minimum Gasteiger partial charge on any atom is -0.346 e. The monoisotopic (exact) mass is 352 g/mol. The van der Waals surface area contributed by atoms with Crippen LogP contribution < -0.4 is 0 Å². The summed E-state index contributed by atoms with van der Waals surface area (Å²) in [6.07, 6.45) is 4.53. The van der Waals surface area contributed by atoms with Crippen LogP contribution in [0.1, 0.15) is 60.5 Å². The second-order valence-electron chi connectivity index (χ2n) is 7.56. The lowest BCUT2D eigenvalue weighted by atomic mass is 9.96. The van der Waals surface area contributed by atoms with Gasteiger partial charge in [-0.25, -0.2) is 0 Å². The Labute approximate surface area is 153 Å². The number of nitrogens with zero attached hydrogens (tertiary/aromatic N) is 4. The number of aliphatic imine (C=N–C) groups is 1. The molecule has 0 aromatic carbocycles. The van der Waals surface area contributed by atoms with Gasteiger partial charge in [0.2, 0.25) is 0 Å². The molecular weight excluding hydrogens is 328 g/mol. The van der Waals surface area contributed by atoms with Crippen LogP contribution >= 0.6 is 11.8 Å². The second kappa shape index (κ2) is 5.63. The molecule has 3 aliphatic rings. The first kappa shape index (κ1) is 15.5. The number of thioether (sulfide) groups is 1. The maximum absolute atomic E-state index is 5.10. The first-order chi connectivity index (χ1) is 12.1. The summed E-state index contributed by atoms with van der Waals surface area (Å²) in [5.41, 5.74) is 5.34. The quantitative estimate of drug-likeness (QED) is 0.820. The Morgan fingerprint density at radius 2 is 2.04 bits per heavy atom. The highest BCUT2D eigenvalue weighted by Gasteiger charge is 2.45. The van der Waals surface area contributed by atoms with Crippen molar-refractivity contribution in [3.8, 4) is 0 Å². The molecule has 4 nitrogen and oxygen atoms in total. The smallest absolute Gasteiger partial charge is 0.160 e. The van der Waals surface area contributed by atoms with Crippen molar-refractivity contribution in [1.29, 1.82) is 0 Å². The SMILES string of the molecule is Cc1cc([C@@H]2[C@@H](c3ccccn3)N=C3S[C@@H](C)CN32)c(C)n1C1CC1. The van der Waals surface area contributed by atoms with E-state index in [1.807, 2.05) is 24.0 Å². The summed E-state index contributed by atoms with van der Waals surface area (Å²) < 4.78 is 2.55. The summed E-state index contributed by atoms with van der Waals surface area (Å²) >= 11 is 1.91. The molecule has 2 aromatic rings. The molecule has 25 heavy (non-hydrogen) atoms. The molecule has 0 radical (unpaired) electrons. The largest absolute Gasteiger partial charge is 0.346 e. The van der Waals surface area contributed by atoms with Crippen molar-refractivity contribution in [2.75, 3.05) is 6.54 Å². The molecule has 1 saturated heterocycles. The molecule has 0 spiro atoms. The average Bonchev–Trinajstić information content (AvgIpc) is 3.19. The Hall–Kier alpha value is -1.75. The minimum absolute atomic E-state index is 0.101. The molecule has 1 saturated carbocycles. The van der Waals surface area contributed by atoms with E-state index >= 15 is 0 Å². The fraction of sp³-hybridized carbons (Fsp3) is 0.500. The molecule has 2 aliphatic heterocycles. The second-order valence-corrected chi connectivity index (χ2v) is 8.97. The molecule has 2 aromatic heterocycles. The van der Waals surface area contributed by atoms with E-state index in [0.717, 1.165) is 18.3 Å². The van der Waals surface area contributed by atoms with Crippen LogP contribution in [0.3, 0.4) is 0 Å². The van der Waals surface area contributed by atoms with Crippen LogP contribution in [0.15, 0.2) is 35.5 Å². The Kier molecular flexibility index (Phi) is 3.49. The van der Waals surface area contributed by atoms with E-state index in [1.165, 1.54) is 35.0 Å². The first-order valence-electron chi connectivity index (χ1n) is 9.24. The van der Waals surface area contributed by atoms with Gasteiger partial charge in [0.1, 0.15) is 6.04 Å².